The molecule has 1 aromatic rings. The van der Waals surface area contributed by atoms with Crippen LogP contribution in [0.2, 0.25) is 0 Å². The van der Waals surface area contributed by atoms with Crippen molar-refractivity contribution in [3.05, 3.63) is 11.9 Å². The minimum absolute atomic E-state index is 0.00812. The van der Waals surface area contributed by atoms with Gasteiger partial charge in [0.2, 0.25) is 5.82 Å². The van der Waals surface area contributed by atoms with E-state index in [1.807, 2.05) is 5.43 Å². The molecule has 1 atom stereocenters. The molecule has 0 amide bonds. The monoisotopic (exact) mass is 265 g/mol. The van der Waals surface area contributed by atoms with E-state index >= 15 is 0 Å². The fourth-order valence-corrected chi connectivity index (χ4v) is 1.24. The Bertz CT molecular complexity index is 398. The quantitative estimate of drug-likeness (QED) is 0.468. The second-order valence-corrected chi connectivity index (χ2v) is 3.66. The molecular formula is C9H14F3N5O. The lowest BCUT2D eigenvalue weighted by atomic mass is 10.2. The molecule has 5 N–H and O–H groups in total. The van der Waals surface area contributed by atoms with Crippen LogP contribution in [0.25, 0.3) is 0 Å². The van der Waals surface area contributed by atoms with E-state index in [9.17, 15) is 13.2 Å². The highest BCUT2D eigenvalue weighted by Gasteiger charge is 2.35. The lowest BCUT2D eigenvalue weighted by molar-refractivity contribution is -0.144. The largest absolute Gasteiger partial charge is 0.451 e. The number of alkyl halides is 3. The summed E-state index contributed by atoms with van der Waals surface area (Å²) in [7, 11) is 0. The molecule has 102 valence electrons. The molecule has 0 aliphatic carbocycles. The van der Waals surface area contributed by atoms with E-state index in [-0.39, 0.29) is 24.3 Å². The Morgan fingerprint density at radius 1 is 1.39 bits per heavy atom. The standard InChI is InChI=1S/C9H14F3N5O/c1-5(2-3-18)14-6-4-7(17-13)16-8(15-6)9(10,11)12/h4-5,18H,2-3,13H2,1H3,(H2,14,15,16,17). The van der Waals surface area contributed by atoms with Crippen LogP contribution in [-0.2, 0) is 6.18 Å². The minimum atomic E-state index is -4.65. The van der Waals surface area contributed by atoms with Crippen molar-refractivity contribution in [3.63, 3.8) is 0 Å². The van der Waals surface area contributed by atoms with Gasteiger partial charge in [-0.1, -0.05) is 0 Å². The molecule has 9 heteroatoms. The van der Waals surface area contributed by atoms with E-state index in [0.29, 0.717) is 6.42 Å². The topological polar surface area (TPSA) is 96.1 Å². The molecule has 0 aliphatic heterocycles. The van der Waals surface area contributed by atoms with E-state index in [1.165, 1.54) is 6.07 Å². The number of aliphatic hydroxyl groups is 1. The Morgan fingerprint density at radius 3 is 2.50 bits per heavy atom. The second kappa shape index (κ2) is 5.83. The summed E-state index contributed by atoms with van der Waals surface area (Å²) in [6, 6.07) is 1.03. The highest BCUT2D eigenvalue weighted by Crippen LogP contribution is 2.28. The normalized spacial score (nSPS) is 13.2. The van der Waals surface area contributed by atoms with E-state index in [1.54, 1.807) is 6.92 Å². The van der Waals surface area contributed by atoms with Crippen LogP contribution >= 0.6 is 0 Å². The summed E-state index contributed by atoms with van der Waals surface area (Å²) in [5.74, 6) is 3.61. The summed E-state index contributed by atoms with van der Waals surface area (Å²) in [6.07, 6.45) is -4.26. The highest BCUT2D eigenvalue weighted by atomic mass is 19.4. The smallest absolute Gasteiger partial charge is 0.396 e. The number of hydrogen-bond acceptors (Lipinski definition) is 6. The SMILES string of the molecule is CC(CCO)Nc1cc(NN)nc(C(F)(F)F)n1. The average molecular weight is 265 g/mol. The zero-order valence-electron chi connectivity index (χ0n) is 9.62. The maximum atomic E-state index is 12.5. The Balaban J connectivity index is 2.97. The van der Waals surface area contributed by atoms with Crippen LogP contribution in [0.3, 0.4) is 0 Å². The van der Waals surface area contributed by atoms with Gasteiger partial charge in [0.1, 0.15) is 11.6 Å². The van der Waals surface area contributed by atoms with Crippen LogP contribution in [-0.4, -0.2) is 27.7 Å². The van der Waals surface area contributed by atoms with E-state index in [2.05, 4.69) is 15.3 Å². The number of anilines is 2. The lowest BCUT2D eigenvalue weighted by Crippen LogP contribution is -2.21. The van der Waals surface area contributed by atoms with Gasteiger partial charge in [0.05, 0.1) is 0 Å². The van der Waals surface area contributed by atoms with Crippen molar-refractivity contribution >= 4 is 11.6 Å². The van der Waals surface area contributed by atoms with Crippen molar-refractivity contribution in [2.75, 3.05) is 17.3 Å². The molecule has 0 aromatic carbocycles. The number of aromatic nitrogens is 2. The summed E-state index contributed by atoms with van der Waals surface area (Å²) in [5.41, 5.74) is 2.04. The predicted octanol–water partition coefficient (Wildman–Crippen LogP) is 0.964. The summed E-state index contributed by atoms with van der Waals surface area (Å²) in [6.45, 7) is 1.63. The maximum Gasteiger partial charge on any atom is 0.451 e. The van der Waals surface area contributed by atoms with Gasteiger partial charge in [0.25, 0.3) is 0 Å². The van der Waals surface area contributed by atoms with Gasteiger partial charge in [-0.2, -0.15) is 13.2 Å². The molecule has 1 aromatic heterocycles. The molecule has 0 radical (unpaired) electrons. The molecule has 1 rings (SSSR count). The van der Waals surface area contributed by atoms with Gasteiger partial charge >= 0.3 is 6.18 Å². The molecule has 1 unspecified atom stereocenters. The van der Waals surface area contributed by atoms with E-state index in [4.69, 9.17) is 10.9 Å². The van der Waals surface area contributed by atoms with Crippen molar-refractivity contribution in [3.8, 4) is 0 Å². The van der Waals surface area contributed by atoms with Gasteiger partial charge in [0.15, 0.2) is 0 Å². The first-order valence-corrected chi connectivity index (χ1v) is 5.17. The molecule has 1 heterocycles. The number of halogens is 3. The summed E-state index contributed by atoms with van der Waals surface area (Å²) in [5, 5.41) is 11.4. The van der Waals surface area contributed by atoms with Gasteiger partial charge in [0, 0.05) is 18.7 Å². The number of nitrogens with two attached hydrogens (primary N) is 1. The summed E-state index contributed by atoms with van der Waals surface area (Å²) >= 11 is 0. The van der Waals surface area contributed by atoms with Crippen LogP contribution in [0.15, 0.2) is 6.07 Å². The number of nitrogen functional groups attached to an aromatic ring is 1. The highest BCUT2D eigenvalue weighted by molar-refractivity contribution is 5.47. The number of nitrogens with one attached hydrogen (secondary N) is 2. The van der Waals surface area contributed by atoms with Gasteiger partial charge in [-0.15, -0.1) is 0 Å². The van der Waals surface area contributed by atoms with Crippen molar-refractivity contribution in [2.45, 2.75) is 25.6 Å². The third kappa shape index (κ3) is 4.00. The Hall–Kier alpha value is -1.61. The van der Waals surface area contributed by atoms with Gasteiger partial charge in [-0.3, -0.25) is 0 Å². The number of hydrogen-bond donors (Lipinski definition) is 4. The van der Waals surface area contributed by atoms with E-state index < -0.39 is 12.0 Å². The van der Waals surface area contributed by atoms with Crippen LogP contribution < -0.4 is 16.6 Å². The first-order valence-electron chi connectivity index (χ1n) is 5.17. The Kier molecular flexibility index (Phi) is 4.68. The van der Waals surface area contributed by atoms with Crippen molar-refractivity contribution in [1.82, 2.24) is 9.97 Å². The second-order valence-electron chi connectivity index (χ2n) is 3.66. The Morgan fingerprint density at radius 2 is 2.00 bits per heavy atom. The lowest BCUT2D eigenvalue weighted by Gasteiger charge is -2.15. The van der Waals surface area contributed by atoms with Crippen molar-refractivity contribution in [1.29, 1.82) is 0 Å². The predicted molar refractivity (Wildman–Crippen MR) is 59.6 cm³/mol. The molecule has 6 nitrogen and oxygen atoms in total. The number of aliphatic hydroxyl groups excluding tert-OH is 1. The number of hydrazine groups is 1. The van der Waals surface area contributed by atoms with Crippen molar-refractivity contribution in [2.24, 2.45) is 5.84 Å². The molecule has 0 fully saturated rings. The molecular weight excluding hydrogens is 251 g/mol. The van der Waals surface area contributed by atoms with Gasteiger partial charge in [-0.05, 0) is 13.3 Å². The number of rotatable bonds is 5. The molecule has 18 heavy (non-hydrogen) atoms. The van der Waals surface area contributed by atoms with Crippen LogP contribution in [0.4, 0.5) is 24.8 Å². The van der Waals surface area contributed by atoms with Crippen LogP contribution in [0, 0.1) is 0 Å². The first-order chi connectivity index (χ1) is 8.36. The fourth-order valence-electron chi connectivity index (χ4n) is 1.24. The summed E-state index contributed by atoms with van der Waals surface area (Å²) < 4.78 is 37.5. The molecule has 0 saturated heterocycles. The molecule has 0 saturated carbocycles. The average Bonchev–Trinajstić information content (AvgIpc) is 2.27. The maximum absolute atomic E-state index is 12.5. The molecule has 0 spiro atoms. The van der Waals surface area contributed by atoms with Crippen LogP contribution in [0.1, 0.15) is 19.2 Å². The minimum Gasteiger partial charge on any atom is -0.396 e. The van der Waals surface area contributed by atoms with E-state index in [0.717, 1.165) is 0 Å². The third-order valence-electron chi connectivity index (χ3n) is 2.08. The fraction of sp³-hybridized carbons (Fsp3) is 0.556. The molecule has 0 bridgehead atoms. The first kappa shape index (κ1) is 14.5. The zero-order chi connectivity index (χ0) is 13.8. The Labute approximate surface area is 101 Å². The summed E-state index contributed by atoms with van der Waals surface area (Å²) in [4.78, 5) is 6.57. The zero-order valence-corrected chi connectivity index (χ0v) is 9.62. The van der Waals surface area contributed by atoms with Gasteiger partial charge < -0.3 is 15.8 Å². The van der Waals surface area contributed by atoms with Crippen LogP contribution in [0.5, 0.6) is 0 Å². The molecule has 0 aliphatic rings. The number of nitrogens with zero attached hydrogens (tertiary/aromatic N) is 2. The van der Waals surface area contributed by atoms with Gasteiger partial charge in [-0.25, -0.2) is 15.8 Å². The third-order valence-corrected chi connectivity index (χ3v) is 2.08. The van der Waals surface area contributed by atoms with Crippen molar-refractivity contribution < 1.29 is 18.3 Å².